The Labute approximate surface area is 115 Å². The third kappa shape index (κ3) is 3.71. The van der Waals surface area contributed by atoms with Crippen LogP contribution in [0.15, 0.2) is 48.5 Å². The van der Waals surface area contributed by atoms with Crippen molar-refractivity contribution >= 4 is 22.6 Å². The summed E-state index contributed by atoms with van der Waals surface area (Å²) in [7, 11) is 0. The van der Waals surface area contributed by atoms with E-state index in [9.17, 15) is 0 Å². The number of hydrogen-bond donors (Lipinski definition) is 1. The molecular weight excluding hydrogens is 325 g/mol. The van der Waals surface area contributed by atoms with Gasteiger partial charge in [-0.05, 0) is 51.9 Å². The molecule has 0 aliphatic rings. The second kappa shape index (κ2) is 6.02. The van der Waals surface area contributed by atoms with Gasteiger partial charge in [-0.2, -0.15) is 0 Å². The molecule has 0 saturated carbocycles. The van der Waals surface area contributed by atoms with Crippen molar-refractivity contribution in [3.8, 4) is 5.75 Å². The zero-order valence-corrected chi connectivity index (χ0v) is 11.6. The highest BCUT2D eigenvalue weighted by Gasteiger charge is 1.97. The average molecular weight is 339 g/mol. The van der Waals surface area contributed by atoms with Crippen LogP contribution in [0, 0.1) is 3.57 Å². The second-order valence-electron chi connectivity index (χ2n) is 3.77. The molecule has 2 nitrogen and oxygen atoms in total. The third-order valence-electron chi connectivity index (χ3n) is 2.46. The van der Waals surface area contributed by atoms with E-state index in [1.165, 1.54) is 3.57 Å². The fraction of sp³-hybridized carbons (Fsp3) is 0.143. The van der Waals surface area contributed by atoms with Crippen LogP contribution >= 0.6 is 22.6 Å². The zero-order valence-electron chi connectivity index (χ0n) is 9.40. The molecular formula is C14H14INO. The Kier molecular flexibility index (Phi) is 4.39. The molecule has 0 spiro atoms. The van der Waals surface area contributed by atoms with Crippen molar-refractivity contribution in [1.29, 1.82) is 0 Å². The molecule has 0 aliphatic carbocycles. The van der Waals surface area contributed by atoms with Crippen LogP contribution in [0.25, 0.3) is 0 Å². The first-order valence-corrected chi connectivity index (χ1v) is 6.52. The van der Waals surface area contributed by atoms with E-state index < -0.39 is 0 Å². The van der Waals surface area contributed by atoms with Gasteiger partial charge in [-0.25, -0.2) is 0 Å². The first-order valence-electron chi connectivity index (χ1n) is 5.44. The Morgan fingerprint density at radius 3 is 2.35 bits per heavy atom. The number of nitrogens with two attached hydrogens (primary N) is 1. The minimum absolute atomic E-state index is 0.581. The van der Waals surface area contributed by atoms with Crippen LogP contribution in [0.5, 0.6) is 5.75 Å². The van der Waals surface area contributed by atoms with Gasteiger partial charge in [-0.3, -0.25) is 0 Å². The van der Waals surface area contributed by atoms with Crippen LogP contribution < -0.4 is 10.5 Å². The van der Waals surface area contributed by atoms with Gasteiger partial charge < -0.3 is 10.5 Å². The highest BCUT2D eigenvalue weighted by molar-refractivity contribution is 14.1. The molecule has 0 aliphatic heterocycles. The first-order chi connectivity index (χ1) is 8.28. The molecule has 0 radical (unpaired) electrons. The number of rotatable bonds is 4. The third-order valence-corrected chi connectivity index (χ3v) is 3.13. The predicted molar refractivity (Wildman–Crippen MR) is 77.8 cm³/mol. The van der Waals surface area contributed by atoms with E-state index in [-0.39, 0.29) is 0 Å². The number of hydrogen-bond acceptors (Lipinski definition) is 2. The molecule has 0 amide bonds. The van der Waals surface area contributed by atoms with E-state index in [1.807, 2.05) is 36.4 Å². The number of benzene rings is 2. The Balaban J connectivity index is 1.97. The average Bonchev–Trinajstić information content (AvgIpc) is 2.37. The minimum atomic E-state index is 0.581. The quantitative estimate of drug-likeness (QED) is 0.868. The van der Waals surface area contributed by atoms with E-state index in [0.29, 0.717) is 13.2 Å². The lowest BCUT2D eigenvalue weighted by molar-refractivity contribution is 0.306. The molecule has 2 N–H and O–H groups in total. The molecule has 0 bridgehead atoms. The van der Waals surface area contributed by atoms with E-state index >= 15 is 0 Å². The highest BCUT2D eigenvalue weighted by atomic mass is 127. The Bertz CT molecular complexity index is 482. The van der Waals surface area contributed by atoms with Gasteiger partial charge in [0.2, 0.25) is 0 Å². The van der Waals surface area contributed by atoms with Gasteiger partial charge >= 0.3 is 0 Å². The Morgan fingerprint density at radius 1 is 1.00 bits per heavy atom. The highest BCUT2D eigenvalue weighted by Crippen LogP contribution is 2.16. The summed E-state index contributed by atoms with van der Waals surface area (Å²) in [6.45, 7) is 1.17. The molecule has 0 heterocycles. The van der Waals surface area contributed by atoms with Crippen molar-refractivity contribution in [3.05, 3.63) is 63.2 Å². The SMILES string of the molecule is NCc1ccc(COc2cccc(I)c2)cc1. The van der Waals surface area contributed by atoms with Gasteiger partial charge in [0.15, 0.2) is 0 Å². The first kappa shape index (κ1) is 12.4. The minimum Gasteiger partial charge on any atom is -0.489 e. The fourth-order valence-corrected chi connectivity index (χ4v) is 2.01. The smallest absolute Gasteiger partial charge is 0.120 e. The van der Waals surface area contributed by atoms with Crippen molar-refractivity contribution in [2.45, 2.75) is 13.2 Å². The number of halogens is 1. The fourth-order valence-electron chi connectivity index (χ4n) is 1.50. The molecule has 88 valence electrons. The van der Waals surface area contributed by atoms with E-state index in [0.717, 1.165) is 16.9 Å². The van der Waals surface area contributed by atoms with Crippen molar-refractivity contribution in [2.24, 2.45) is 5.73 Å². The lowest BCUT2D eigenvalue weighted by atomic mass is 10.1. The van der Waals surface area contributed by atoms with Crippen LogP contribution in [0.2, 0.25) is 0 Å². The number of ether oxygens (including phenoxy) is 1. The molecule has 2 aromatic carbocycles. The molecule has 0 aromatic heterocycles. The molecule has 0 fully saturated rings. The summed E-state index contributed by atoms with van der Waals surface area (Å²) >= 11 is 2.28. The van der Waals surface area contributed by atoms with Gasteiger partial charge in [0.1, 0.15) is 12.4 Å². The van der Waals surface area contributed by atoms with Crippen molar-refractivity contribution < 1.29 is 4.74 Å². The maximum absolute atomic E-state index is 5.71. The van der Waals surface area contributed by atoms with Crippen molar-refractivity contribution in [2.75, 3.05) is 0 Å². The lowest BCUT2D eigenvalue weighted by Gasteiger charge is -2.07. The molecule has 2 aromatic rings. The van der Waals surface area contributed by atoms with E-state index in [1.54, 1.807) is 0 Å². The second-order valence-corrected chi connectivity index (χ2v) is 5.01. The molecule has 0 atom stereocenters. The summed E-state index contributed by atoms with van der Waals surface area (Å²) in [6, 6.07) is 16.2. The topological polar surface area (TPSA) is 35.2 Å². The Hall–Kier alpha value is -1.07. The predicted octanol–water partition coefficient (Wildman–Crippen LogP) is 3.33. The molecule has 0 saturated heterocycles. The summed E-state index contributed by atoms with van der Waals surface area (Å²) in [4.78, 5) is 0. The normalized spacial score (nSPS) is 10.2. The van der Waals surface area contributed by atoms with Crippen LogP contribution in [-0.4, -0.2) is 0 Å². The van der Waals surface area contributed by atoms with E-state index in [2.05, 4.69) is 34.7 Å². The van der Waals surface area contributed by atoms with Crippen LogP contribution in [0.4, 0.5) is 0 Å². The Morgan fingerprint density at radius 2 is 1.71 bits per heavy atom. The molecule has 3 heteroatoms. The summed E-state index contributed by atoms with van der Waals surface area (Å²) in [5.41, 5.74) is 7.84. The largest absolute Gasteiger partial charge is 0.489 e. The summed E-state index contributed by atoms with van der Waals surface area (Å²) in [6.07, 6.45) is 0. The van der Waals surface area contributed by atoms with Crippen molar-refractivity contribution in [3.63, 3.8) is 0 Å². The van der Waals surface area contributed by atoms with Gasteiger partial charge in [0.25, 0.3) is 0 Å². The lowest BCUT2D eigenvalue weighted by Crippen LogP contribution is -1.98. The summed E-state index contributed by atoms with van der Waals surface area (Å²) < 4.78 is 6.89. The summed E-state index contributed by atoms with van der Waals surface area (Å²) in [5.74, 6) is 0.903. The zero-order chi connectivity index (χ0) is 12.1. The van der Waals surface area contributed by atoms with Gasteiger partial charge in [-0.15, -0.1) is 0 Å². The van der Waals surface area contributed by atoms with Gasteiger partial charge in [0, 0.05) is 10.1 Å². The van der Waals surface area contributed by atoms with Crippen LogP contribution in [0.1, 0.15) is 11.1 Å². The maximum atomic E-state index is 5.71. The van der Waals surface area contributed by atoms with E-state index in [4.69, 9.17) is 10.5 Å². The van der Waals surface area contributed by atoms with Crippen LogP contribution in [-0.2, 0) is 13.2 Å². The summed E-state index contributed by atoms with van der Waals surface area (Å²) in [5, 5.41) is 0. The van der Waals surface area contributed by atoms with Crippen molar-refractivity contribution in [1.82, 2.24) is 0 Å². The van der Waals surface area contributed by atoms with Gasteiger partial charge in [0.05, 0.1) is 0 Å². The molecule has 0 unspecified atom stereocenters. The monoisotopic (exact) mass is 339 g/mol. The maximum Gasteiger partial charge on any atom is 0.120 e. The molecule has 17 heavy (non-hydrogen) atoms. The standard InChI is InChI=1S/C14H14INO/c15-13-2-1-3-14(8-13)17-10-12-6-4-11(9-16)5-7-12/h1-8H,9-10,16H2. The molecule has 2 rings (SSSR count). The van der Waals surface area contributed by atoms with Gasteiger partial charge in [-0.1, -0.05) is 30.3 Å². The van der Waals surface area contributed by atoms with Crippen LogP contribution in [0.3, 0.4) is 0 Å².